The molecule has 0 radical (unpaired) electrons. The fourth-order valence-corrected chi connectivity index (χ4v) is 2.27. The second-order valence-electron chi connectivity index (χ2n) is 5.06. The fraction of sp³-hybridized carbons (Fsp3) is 0.400. The molecule has 9 nitrogen and oxygen atoms in total. The number of carbonyl (C=O) groups excluding carboxylic acids is 4. The van der Waals surface area contributed by atoms with E-state index >= 15 is 0 Å². The molecule has 0 bridgehead atoms. The molecule has 2 amide bonds. The van der Waals surface area contributed by atoms with E-state index in [0.29, 0.717) is 0 Å². The average molecular weight is 335 g/mol. The molecule has 0 spiro atoms. The highest BCUT2D eigenvalue weighted by Gasteiger charge is 2.30. The minimum Gasteiger partial charge on any atom is -0.462 e. The van der Waals surface area contributed by atoms with E-state index < -0.39 is 11.9 Å². The van der Waals surface area contributed by atoms with Gasteiger partial charge in [0.25, 0.3) is 5.91 Å². The highest BCUT2D eigenvalue weighted by atomic mass is 16.5. The van der Waals surface area contributed by atoms with Gasteiger partial charge in [-0.15, -0.1) is 0 Å². The summed E-state index contributed by atoms with van der Waals surface area (Å²) in [5.41, 5.74) is 2.22. The molecular weight excluding hydrogens is 318 g/mol. The monoisotopic (exact) mass is 335 g/mol. The number of furan rings is 1. The number of rotatable bonds is 5. The molecule has 0 atom stereocenters. The van der Waals surface area contributed by atoms with Crippen molar-refractivity contribution in [3.8, 4) is 0 Å². The van der Waals surface area contributed by atoms with Crippen molar-refractivity contribution < 1.29 is 28.3 Å². The Morgan fingerprint density at radius 2 is 2.00 bits per heavy atom. The van der Waals surface area contributed by atoms with E-state index in [9.17, 15) is 19.2 Å². The Bertz CT molecular complexity index is 747. The van der Waals surface area contributed by atoms with Crippen LogP contribution in [0.3, 0.4) is 0 Å². The van der Waals surface area contributed by atoms with E-state index in [1.165, 1.54) is 13.8 Å². The number of hydrogen-bond acceptors (Lipinski definition) is 7. The van der Waals surface area contributed by atoms with Crippen LogP contribution in [0.15, 0.2) is 9.52 Å². The molecule has 0 fully saturated rings. The molecular formula is C15H17N3O6. The van der Waals surface area contributed by atoms with Crippen LogP contribution < -0.4 is 10.7 Å². The van der Waals surface area contributed by atoms with Gasteiger partial charge in [-0.05, 0) is 20.8 Å². The van der Waals surface area contributed by atoms with Gasteiger partial charge in [-0.1, -0.05) is 0 Å². The first-order valence-electron chi connectivity index (χ1n) is 7.33. The highest BCUT2D eigenvalue weighted by molar-refractivity contribution is 6.43. The first-order valence-corrected chi connectivity index (χ1v) is 7.33. The van der Waals surface area contributed by atoms with E-state index in [1.54, 1.807) is 6.92 Å². The van der Waals surface area contributed by atoms with Crippen LogP contribution in [0.2, 0.25) is 0 Å². The molecule has 9 heteroatoms. The van der Waals surface area contributed by atoms with Crippen molar-refractivity contribution in [3.05, 3.63) is 16.9 Å². The molecule has 2 heterocycles. The van der Waals surface area contributed by atoms with Crippen LogP contribution in [-0.2, 0) is 14.3 Å². The average Bonchev–Trinajstić information content (AvgIpc) is 2.84. The molecule has 1 aromatic heterocycles. The zero-order valence-electron chi connectivity index (χ0n) is 13.5. The SMILES string of the molecule is CCOC(=O)c1c(NC(=O)C2=NNC(=O)CC2)oc(C)c1C(C)=O. The molecule has 0 aliphatic carbocycles. The molecule has 1 aromatic rings. The molecule has 2 N–H and O–H groups in total. The molecule has 0 unspecified atom stereocenters. The van der Waals surface area contributed by atoms with Crippen LogP contribution in [0.4, 0.5) is 5.88 Å². The van der Waals surface area contributed by atoms with Gasteiger partial charge in [-0.2, -0.15) is 5.10 Å². The lowest BCUT2D eigenvalue weighted by Crippen LogP contribution is -2.33. The van der Waals surface area contributed by atoms with Crippen molar-refractivity contribution in [1.82, 2.24) is 5.43 Å². The van der Waals surface area contributed by atoms with Gasteiger partial charge in [0.15, 0.2) is 5.78 Å². The normalized spacial score (nSPS) is 13.8. The van der Waals surface area contributed by atoms with Crippen molar-refractivity contribution in [3.63, 3.8) is 0 Å². The van der Waals surface area contributed by atoms with E-state index in [0.717, 1.165) is 0 Å². The Balaban J connectivity index is 2.34. The summed E-state index contributed by atoms with van der Waals surface area (Å²) in [4.78, 5) is 47.2. The zero-order valence-corrected chi connectivity index (χ0v) is 13.5. The Morgan fingerprint density at radius 1 is 1.29 bits per heavy atom. The summed E-state index contributed by atoms with van der Waals surface area (Å²) in [5, 5.41) is 6.07. The molecule has 0 saturated heterocycles. The number of hydrazone groups is 1. The number of anilines is 1. The molecule has 2 rings (SSSR count). The Kier molecular flexibility index (Phi) is 5.12. The molecule has 0 saturated carbocycles. The Hall–Kier alpha value is -2.97. The number of amides is 2. The number of Topliss-reactive ketones (excluding diaryl/α,β-unsaturated/α-hetero) is 1. The number of nitrogens with zero attached hydrogens (tertiary/aromatic N) is 1. The van der Waals surface area contributed by atoms with Crippen molar-refractivity contribution in [2.24, 2.45) is 5.10 Å². The molecule has 24 heavy (non-hydrogen) atoms. The van der Waals surface area contributed by atoms with Crippen molar-refractivity contribution in [2.45, 2.75) is 33.6 Å². The standard InChI is InChI=1S/C15H17N3O6/c1-4-23-15(22)12-11(7(2)19)8(3)24-14(12)16-13(21)9-5-6-10(20)18-17-9/h4-6H2,1-3H3,(H,16,21)(H,18,20). The van der Waals surface area contributed by atoms with Gasteiger partial charge in [-0.3, -0.25) is 19.7 Å². The van der Waals surface area contributed by atoms with Crippen LogP contribution >= 0.6 is 0 Å². The van der Waals surface area contributed by atoms with Crippen molar-refractivity contribution in [2.75, 3.05) is 11.9 Å². The first kappa shape index (κ1) is 17.4. The summed E-state index contributed by atoms with van der Waals surface area (Å²) >= 11 is 0. The van der Waals surface area contributed by atoms with E-state index in [2.05, 4.69) is 15.8 Å². The van der Waals surface area contributed by atoms with Gasteiger partial charge in [0.2, 0.25) is 11.8 Å². The zero-order chi connectivity index (χ0) is 17.9. The van der Waals surface area contributed by atoms with Gasteiger partial charge in [-0.25, -0.2) is 10.2 Å². The summed E-state index contributed by atoms with van der Waals surface area (Å²) in [6.45, 7) is 4.52. The van der Waals surface area contributed by atoms with E-state index in [1.807, 2.05) is 0 Å². The summed E-state index contributed by atoms with van der Waals surface area (Å²) in [7, 11) is 0. The van der Waals surface area contributed by atoms with Crippen LogP contribution in [0, 0.1) is 6.92 Å². The maximum Gasteiger partial charge on any atom is 0.344 e. The number of carbonyl (C=O) groups is 4. The molecule has 1 aliphatic heterocycles. The lowest BCUT2D eigenvalue weighted by atomic mass is 10.1. The molecule has 0 aromatic carbocycles. The summed E-state index contributed by atoms with van der Waals surface area (Å²) < 4.78 is 10.3. The van der Waals surface area contributed by atoms with E-state index in [4.69, 9.17) is 9.15 Å². The van der Waals surface area contributed by atoms with Crippen LogP contribution in [0.1, 0.15) is 53.2 Å². The van der Waals surface area contributed by atoms with Crippen LogP contribution in [0.5, 0.6) is 0 Å². The smallest absolute Gasteiger partial charge is 0.344 e. The van der Waals surface area contributed by atoms with Gasteiger partial charge < -0.3 is 9.15 Å². The number of nitrogens with one attached hydrogen (secondary N) is 2. The van der Waals surface area contributed by atoms with Crippen LogP contribution in [0.25, 0.3) is 0 Å². The van der Waals surface area contributed by atoms with Gasteiger partial charge in [0, 0.05) is 12.8 Å². The lowest BCUT2D eigenvalue weighted by Gasteiger charge is -2.11. The quantitative estimate of drug-likeness (QED) is 0.614. The third-order valence-electron chi connectivity index (χ3n) is 3.31. The van der Waals surface area contributed by atoms with E-state index in [-0.39, 0.29) is 59.6 Å². The minimum absolute atomic E-state index is 0.0580. The summed E-state index contributed by atoms with van der Waals surface area (Å²) in [6, 6.07) is 0. The predicted molar refractivity (Wildman–Crippen MR) is 82.8 cm³/mol. The summed E-state index contributed by atoms with van der Waals surface area (Å²) in [5.74, 6) is -2.06. The number of ether oxygens (including phenoxy) is 1. The topological polar surface area (TPSA) is 127 Å². The Labute approximate surface area is 137 Å². The largest absolute Gasteiger partial charge is 0.462 e. The number of ketones is 1. The highest BCUT2D eigenvalue weighted by Crippen LogP contribution is 2.28. The second-order valence-corrected chi connectivity index (χ2v) is 5.06. The maximum absolute atomic E-state index is 12.2. The molecule has 128 valence electrons. The van der Waals surface area contributed by atoms with Gasteiger partial charge in [0.1, 0.15) is 17.0 Å². The van der Waals surface area contributed by atoms with Gasteiger partial charge >= 0.3 is 5.97 Å². The van der Waals surface area contributed by atoms with Crippen molar-refractivity contribution >= 4 is 35.2 Å². The second kappa shape index (κ2) is 7.07. The Morgan fingerprint density at radius 3 is 2.54 bits per heavy atom. The number of hydrogen-bond donors (Lipinski definition) is 2. The number of aryl methyl sites for hydroxylation is 1. The van der Waals surface area contributed by atoms with Crippen molar-refractivity contribution in [1.29, 1.82) is 0 Å². The van der Waals surface area contributed by atoms with Gasteiger partial charge in [0.05, 0.1) is 12.2 Å². The summed E-state index contributed by atoms with van der Waals surface area (Å²) in [6.07, 6.45) is 0.290. The number of esters is 1. The minimum atomic E-state index is -0.770. The first-order chi connectivity index (χ1) is 11.3. The predicted octanol–water partition coefficient (Wildman–Crippen LogP) is 1.17. The van der Waals surface area contributed by atoms with Crippen LogP contribution in [-0.4, -0.2) is 35.9 Å². The third kappa shape index (κ3) is 3.50. The third-order valence-corrected chi connectivity index (χ3v) is 3.31. The maximum atomic E-state index is 12.2. The fourth-order valence-electron chi connectivity index (χ4n) is 2.27. The molecule has 1 aliphatic rings. The lowest BCUT2D eigenvalue weighted by molar-refractivity contribution is -0.121.